The fourth-order valence-electron chi connectivity index (χ4n) is 2.51. The van der Waals surface area contributed by atoms with Crippen molar-refractivity contribution in [3.8, 4) is 11.5 Å². The van der Waals surface area contributed by atoms with Crippen LogP contribution in [0.15, 0.2) is 48.5 Å². The van der Waals surface area contributed by atoms with Gasteiger partial charge in [-0.1, -0.05) is 36.4 Å². The van der Waals surface area contributed by atoms with Crippen LogP contribution >= 0.6 is 0 Å². The van der Waals surface area contributed by atoms with E-state index in [9.17, 15) is 9.90 Å². The summed E-state index contributed by atoms with van der Waals surface area (Å²) >= 11 is 0. The molecule has 2 aromatic carbocycles. The van der Waals surface area contributed by atoms with E-state index in [4.69, 9.17) is 9.47 Å². The molecule has 24 heavy (non-hydrogen) atoms. The minimum atomic E-state index is -1.09. The van der Waals surface area contributed by atoms with E-state index < -0.39 is 11.5 Å². The first-order valence-corrected chi connectivity index (χ1v) is 7.72. The van der Waals surface area contributed by atoms with E-state index in [2.05, 4.69) is 5.32 Å². The molecule has 1 atom stereocenters. The molecule has 0 aliphatic carbocycles. The van der Waals surface area contributed by atoms with Gasteiger partial charge in [0.2, 0.25) is 0 Å². The van der Waals surface area contributed by atoms with Crippen molar-refractivity contribution in [3.05, 3.63) is 59.7 Å². The molecule has 0 saturated carbocycles. The predicted octanol–water partition coefficient (Wildman–Crippen LogP) is 2.88. The molecule has 2 aromatic rings. The fraction of sp³-hybridized carbons (Fsp3) is 0.316. The molecule has 0 aliphatic heterocycles. The summed E-state index contributed by atoms with van der Waals surface area (Å²) < 4.78 is 10.5. The molecule has 5 nitrogen and oxygen atoms in total. The summed E-state index contributed by atoms with van der Waals surface area (Å²) in [7, 11) is 3.13. The maximum Gasteiger partial charge on any atom is 0.323 e. The Kier molecular flexibility index (Phi) is 5.82. The first-order chi connectivity index (χ1) is 11.5. The second kappa shape index (κ2) is 7.84. The van der Waals surface area contributed by atoms with Crippen molar-refractivity contribution in [2.45, 2.75) is 25.4 Å². The number of rotatable bonds is 8. The molecule has 0 amide bonds. The minimum absolute atomic E-state index is 0.329. The minimum Gasteiger partial charge on any atom is -0.493 e. The van der Waals surface area contributed by atoms with E-state index in [1.54, 1.807) is 27.2 Å². The lowest BCUT2D eigenvalue weighted by atomic mass is 9.92. The van der Waals surface area contributed by atoms with Gasteiger partial charge in [-0.05, 0) is 30.2 Å². The van der Waals surface area contributed by atoms with E-state index >= 15 is 0 Å². The molecule has 1 unspecified atom stereocenters. The number of benzene rings is 2. The SMILES string of the molecule is COc1ccc(CC(C)(NCc2ccccc2)C(=O)O)cc1OC. The third-order valence-electron chi connectivity index (χ3n) is 4.00. The highest BCUT2D eigenvalue weighted by molar-refractivity contribution is 5.78. The number of carboxylic acid groups (broad SMARTS) is 1. The number of nitrogens with one attached hydrogen (secondary N) is 1. The molecule has 0 aromatic heterocycles. The molecule has 0 heterocycles. The van der Waals surface area contributed by atoms with Gasteiger partial charge in [-0.2, -0.15) is 0 Å². The molecule has 128 valence electrons. The fourth-order valence-corrected chi connectivity index (χ4v) is 2.51. The summed E-state index contributed by atoms with van der Waals surface area (Å²) in [6, 6.07) is 15.2. The second-order valence-electron chi connectivity index (χ2n) is 5.84. The average Bonchev–Trinajstić information content (AvgIpc) is 2.60. The van der Waals surface area contributed by atoms with E-state index in [1.807, 2.05) is 42.5 Å². The van der Waals surface area contributed by atoms with Crippen LogP contribution in [-0.2, 0) is 17.8 Å². The van der Waals surface area contributed by atoms with Gasteiger partial charge in [0.05, 0.1) is 14.2 Å². The Morgan fingerprint density at radius 3 is 2.29 bits per heavy atom. The molecular formula is C19H23NO4. The van der Waals surface area contributed by atoms with Crippen LogP contribution in [0, 0.1) is 0 Å². The summed E-state index contributed by atoms with van der Waals surface area (Å²) in [5.41, 5.74) is 0.811. The number of ether oxygens (including phenoxy) is 2. The molecule has 5 heteroatoms. The van der Waals surface area contributed by atoms with Crippen molar-refractivity contribution >= 4 is 5.97 Å². The molecular weight excluding hydrogens is 306 g/mol. The number of hydrogen-bond donors (Lipinski definition) is 2. The van der Waals surface area contributed by atoms with E-state index in [1.165, 1.54) is 0 Å². The number of methoxy groups -OCH3 is 2. The van der Waals surface area contributed by atoms with Gasteiger partial charge in [0.25, 0.3) is 0 Å². The van der Waals surface area contributed by atoms with Crippen molar-refractivity contribution in [1.82, 2.24) is 5.32 Å². The summed E-state index contributed by atoms with van der Waals surface area (Å²) in [4.78, 5) is 11.8. The maximum atomic E-state index is 11.8. The molecule has 0 aliphatic rings. The summed E-state index contributed by atoms with van der Waals surface area (Å²) in [5, 5.41) is 12.8. The predicted molar refractivity (Wildman–Crippen MR) is 92.6 cm³/mol. The highest BCUT2D eigenvalue weighted by Gasteiger charge is 2.33. The van der Waals surface area contributed by atoms with Crippen LogP contribution in [0.2, 0.25) is 0 Å². The molecule has 0 saturated heterocycles. The molecule has 0 bridgehead atoms. The quantitative estimate of drug-likeness (QED) is 0.779. The van der Waals surface area contributed by atoms with Gasteiger partial charge in [0, 0.05) is 13.0 Å². The normalized spacial score (nSPS) is 13.1. The highest BCUT2D eigenvalue weighted by Crippen LogP contribution is 2.29. The summed E-state index contributed by atoms with van der Waals surface area (Å²) in [6.07, 6.45) is 0.329. The van der Waals surface area contributed by atoms with Gasteiger partial charge < -0.3 is 14.6 Å². The molecule has 0 radical (unpaired) electrons. The number of carbonyl (C=O) groups is 1. The van der Waals surface area contributed by atoms with E-state index in [-0.39, 0.29) is 0 Å². The van der Waals surface area contributed by atoms with Gasteiger partial charge in [0.15, 0.2) is 11.5 Å². The standard InChI is InChI=1S/C19H23NO4/c1-19(18(21)22,20-13-14-7-5-4-6-8-14)12-15-9-10-16(23-2)17(11-15)24-3/h4-11,20H,12-13H2,1-3H3,(H,21,22). The van der Waals surface area contributed by atoms with Crippen LogP contribution in [0.4, 0.5) is 0 Å². The molecule has 0 fully saturated rings. The third kappa shape index (κ3) is 4.26. The zero-order chi connectivity index (χ0) is 17.6. The Morgan fingerprint density at radius 2 is 1.71 bits per heavy atom. The van der Waals surface area contributed by atoms with Gasteiger partial charge in [-0.3, -0.25) is 10.1 Å². The van der Waals surface area contributed by atoms with Crippen LogP contribution in [0.5, 0.6) is 11.5 Å². The average molecular weight is 329 g/mol. The van der Waals surface area contributed by atoms with Crippen LogP contribution in [0.25, 0.3) is 0 Å². The Balaban J connectivity index is 2.16. The maximum absolute atomic E-state index is 11.8. The van der Waals surface area contributed by atoms with Gasteiger partial charge >= 0.3 is 5.97 Å². The first-order valence-electron chi connectivity index (χ1n) is 7.72. The molecule has 2 rings (SSSR count). The van der Waals surface area contributed by atoms with E-state index in [0.29, 0.717) is 24.5 Å². The van der Waals surface area contributed by atoms with Crippen molar-refractivity contribution in [1.29, 1.82) is 0 Å². The first kappa shape index (κ1) is 17.8. The van der Waals surface area contributed by atoms with Crippen LogP contribution in [-0.4, -0.2) is 30.8 Å². The Hall–Kier alpha value is -2.53. The van der Waals surface area contributed by atoms with Gasteiger partial charge in [0.1, 0.15) is 5.54 Å². The molecule has 2 N–H and O–H groups in total. The van der Waals surface area contributed by atoms with Crippen molar-refractivity contribution in [3.63, 3.8) is 0 Å². The third-order valence-corrected chi connectivity index (χ3v) is 4.00. The lowest BCUT2D eigenvalue weighted by Gasteiger charge is -2.27. The monoisotopic (exact) mass is 329 g/mol. The van der Waals surface area contributed by atoms with Gasteiger partial charge in [-0.25, -0.2) is 0 Å². The lowest BCUT2D eigenvalue weighted by Crippen LogP contribution is -2.50. The smallest absolute Gasteiger partial charge is 0.323 e. The van der Waals surface area contributed by atoms with Crippen molar-refractivity contribution < 1.29 is 19.4 Å². The zero-order valence-corrected chi connectivity index (χ0v) is 14.2. The van der Waals surface area contributed by atoms with Crippen LogP contribution in [0.1, 0.15) is 18.1 Å². The number of carboxylic acids is 1. The summed E-state index contributed by atoms with van der Waals surface area (Å²) in [5.74, 6) is 0.314. The summed E-state index contributed by atoms with van der Waals surface area (Å²) in [6.45, 7) is 2.17. The second-order valence-corrected chi connectivity index (χ2v) is 5.84. The molecule has 0 spiro atoms. The van der Waals surface area contributed by atoms with Crippen molar-refractivity contribution in [2.75, 3.05) is 14.2 Å². The highest BCUT2D eigenvalue weighted by atomic mass is 16.5. The Morgan fingerprint density at radius 1 is 1.04 bits per heavy atom. The Labute approximate surface area is 142 Å². The van der Waals surface area contributed by atoms with Crippen LogP contribution in [0.3, 0.4) is 0 Å². The lowest BCUT2D eigenvalue weighted by molar-refractivity contribution is -0.144. The zero-order valence-electron chi connectivity index (χ0n) is 14.2. The largest absolute Gasteiger partial charge is 0.493 e. The number of hydrogen-bond acceptors (Lipinski definition) is 4. The van der Waals surface area contributed by atoms with E-state index in [0.717, 1.165) is 11.1 Å². The topological polar surface area (TPSA) is 67.8 Å². The van der Waals surface area contributed by atoms with Crippen molar-refractivity contribution in [2.24, 2.45) is 0 Å². The Bertz CT molecular complexity index is 687. The van der Waals surface area contributed by atoms with Crippen LogP contribution < -0.4 is 14.8 Å². The van der Waals surface area contributed by atoms with Gasteiger partial charge in [-0.15, -0.1) is 0 Å². The number of aliphatic carboxylic acids is 1.